The van der Waals surface area contributed by atoms with Gasteiger partial charge in [-0.2, -0.15) is 0 Å². The fourth-order valence-corrected chi connectivity index (χ4v) is 5.61. The monoisotopic (exact) mass is 668 g/mol. The van der Waals surface area contributed by atoms with E-state index in [1.54, 1.807) is 6.08 Å². The molecule has 0 aromatic carbocycles. The van der Waals surface area contributed by atoms with Gasteiger partial charge in [0, 0.05) is 6.42 Å². The van der Waals surface area contributed by atoms with Crippen LogP contribution in [0.5, 0.6) is 0 Å². The minimum atomic E-state index is -0.843. The van der Waals surface area contributed by atoms with Crippen LogP contribution in [0.15, 0.2) is 72.9 Å². The lowest BCUT2D eigenvalue weighted by atomic mass is 10.0. The van der Waals surface area contributed by atoms with Gasteiger partial charge in [-0.05, 0) is 64.2 Å². The third-order valence-corrected chi connectivity index (χ3v) is 8.70. The predicted molar refractivity (Wildman–Crippen MR) is 211 cm³/mol. The molecule has 0 rings (SSSR count). The Morgan fingerprint density at radius 3 is 1.38 bits per heavy atom. The summed E-state index contributed by atoms with van der Waals surface area (Å²) in [5.41, 5.74) is 0. The van der Waals surface area contributed by atoms with Crippen molar-refractivity contribution in [1.82, 2.24) is 5.32 Å². The summed E-state index contributed by atoms with van der Waals surface area (Å²) in [6.07, 6.45) is 55.7. The number of allylic oxidation sites excluding steroid dienone is 11. The molecule has 0 aromatic heterocycles. The Morgan fingerprint density at radius 1 is 0.521 bits per heavy atom. The van der Waals surface area contributed by atoms with Gasteiger partial charge >= 0.3 is 0 Å². The Bertz CT molecular complexity index is 853. The minimum absolute atomic E-state index is 0.0760. The van der Waals surface area contributed by atoms with E-state index >= 15 is 0 Å². The van der Waals surface area contributed by atoms with Crippen molar-refractivity contribution >= 4 is 5.91 Å². The molecule has 0 aliphatic rings. The molecule has 0 heterocycles. The average Bonchev–Trinajstić information content (AvgIpc) is 3.09. The fourth-order valence-electron chi connectivity index (χ4n) is 5.61. The molecular formula is C44H77NO3. The van der Waals surface area contributed by atoms with Crippen LogP contribution in [0.3, 0.4) is 0 Å². The number of unbranched alkanes of at least 4 members (excludes halogenated alkanes) is 18. The number of aliphatic hydroxyl groups excluding tert-OH is 2. The lowest BCUT2D eigenvalue weighted by Gasteiger charge is -2.20. The van der Waals surface area contributed by atoms with Crippen LogP contribution in [0.4, 0.5) is 0 Å². The topological polar surface area (TPSA) is 69.6 Å². The number of nitrogens with one attached hydrogen (secondary N) is 1. The van der Waals surface area contributed by atoms with Gasteiger partial charge in [0.15, 0.2) is 0 Å². The summed E-state index contributed by atoms with van der Waals surface area (Å²) in [4.78, 5) is 12.3. The molecule has 48 heavy (non-hydrogen) atoms. The number of hydrogen-bond donors (Lipinski definition) is 3. The van der Waals surface area contributed by atoms with E-state index in [1.165, 1.54) is 103 Å². The van der Waals surface area contributed by atoms with Gasteiger partial charge in [-0.3, -0.25) is 4.79 Å². The van der Waals surface area contributed by atoms with Crippen molar-refractivity contribution in [2.45, 2.75) is 193 Å². The van der Waals surface area contributed by atoms with E-state index in [-0.39, 0.29) is 12.5 Å². The highest BCUT2D eigenvalue weighted by molar-refractivity contribution is 5.76. The molecule has 3 N–H and O–H groups in total. The highest BCUT2D eigenvalue weighted by atomic mass is 16.3. The quantitative estimate of drug-likeness (QED) is 0.0465. The molecule has 0 aliphatic heterocycles. The molecule has 0 aromatic rings. The van der Waals surface area contributed by atoms with Gasteiger partial charge in [-0.25, -0.2) is 0 Å². The maximum Gasteiger partial charge on any atom is 0.220 e. The largest absolute Gasteiger partial charge is 0.394 e. The van der Waals surface area contributed by atoms with Crippen LogP contribution in [0.25, 0.3) is 0 Å². The zero-order valence-corrected chi connectivity index (χ0v) is 31.5. The average molecular weight is 668 g/mol. The molecule has 0 radical (unpaired) electrons. The summed E-state index contributed by atoms with van der Waals surface area (Å²) >= 11 is 0. The number of carbonyl (C=O) groups is 1. The molecule has 0 aliphatic carbocycles. The SMILES string of the molecule is CC/C=C\C/C=C\C/C=C\C/C=C\C/C=C\CCCCCCCCCCCC(=O)NC(CO)C(O)/C=C/CCCCCCCCCCC. The smallest absolute Gasteiger partial charge is 0.220 e. The number of amides is 1. The second kappa shape index (κ2) is 39.3. The van der Waals surface area contributed by atoms with Crippen LogP contribution in [-0.4, -0.2) is 34.9 Å². The first-order valence-corrected chi connectivity index (χ1v) is 20.2. The Balaban J connectivity index is 3.62. The van der Waals surface area contributed by atoms with E-state index in [4.69, 9.17) is 0 Å². The molecule has 1 amide bonds. The second-order valence-corrected chi connectivity index (χ2v) is 13.3. The first-order chi connectivity index (χ1) is 23.7. The Hall–Kier alpha value is -2.17. The number of carbonyl (C=O) groups excluding carboxylic acids is 1. The highest BCUT2D eigenvalue weighted by Crippen LogP contribution is 2.13. The first kappa shape index (κ1) is 45.8. The number of aliphatic hydroxyl groups is 2. The van der Waals surface area contributed by atoms with Crippen LogP contribution in [0.1, 0.15) is 181 Å². The van der Waals surface area contributed by atoms with Gasteiger partial charge < -0.3 is 15.5 Å². The van der Waals surface area contributed by atoms with E-state index < -0.39 is 12.1 Å². The van der Waals surface area contributed by atoms with E-state index in [0.717, 1.165) is 57.8 Å². The van der Waals surface area contributed by atoms with Gasteiger partial charge in [0.2, 0.25) is 5.91 Å². The zero-order chi connectivity index (χ0) is 35.0. The van der Waals surface area contributed by atoms with Crippen molar-refractivity contribution in [3.63, 3.8) is 0 Å². The van der Waals surface area contributed by atoms with E-state index in [0.29, 0.717) is 6.42 Å². The molecule has 0 bridgehead atoms. The summed E-state index contributed by atoms with van der Waals surface area (Å²) in [5, 5.41) is 22.9. The summed E-state index contributed by atoms with van der Waals surface area (Å²) in [6.45, 7) is 4.16. The number of rotatable bonds is 35. The molecule has 2 unspecified atom stereocenters. The van der Waals surface area contributed by atoms with Crippen molar-refractivity contribution in [2.24, 2.45) is 0 Å². The van der Waals surface area contributed by atoms with Crippen molar-refractivity contribution in [1.29, 1.82) is 0 Å². The third kappa shape index (κ3) is 35.1. The Kier molecular flexibility index (Phi) is 37.5. The maximum atomic E-state index is 12.3. The van der Waals surface area contributed by atoms with E-state index in [9.17, 15) is 15.0 Å². The Labute approximate surface area is 298 Å². The van der Waals surface area contributed by atoms with Crippen LogP contribution >= 0.6 is 0 Å². The van der Waals surface area contributed by atoms with Crippen molar-refractivity contribution in [3.05, 3.63) is 72.9 Å². The standard InChI is InChI=1S/C44H77NO3/c1-3-5-7-9-11-13-15-16-17-18-19-20-21-22-23-24-25-26-27-28-30-32-34-36-38-40-44(48)45-42(41-46)43(47)39-37-35-33-31-29-14-12-10-8-6-4-2/h5,7,11,13,16-17,19-20,22-23,37,39,42-43,46-47H,3-4,6,8-10,12,14-15,18,21,24-36,38,40-41H2,1-2H3,(H,45,48)/b7-5-,13-11-,17-16-,20-19-,23-22-,39-37+. The minimum Gasteiger partial charge on any atom is -0.394 e. The molecule has 4 nitrogen and oxygen atoms in total. The van der Waals surface area contributed by atoms with E-state index in [1.807, 2.05) is 6.08 Å². The molecule has 276 valence electrons. The highest BCUT2D eigenvalue weighted by Gasteiger charge is 2.17. The lowest BCUT2D eigenvalue weighted by molar-refractivity contribution is -0.123. The van der Waals surface area contributed by atoms with Crippen molar-refractivity contribution < 1.29 is 15.0 Å². The van der Waals surface area contributed by atoms with Crippen LogP contribution in [0.2, 0.25) is 0 Å². The summed E-state index contributed by atoms with van der Waals surface area (Å²) in [7, 11) is 0. The van der Waals surface area contributed by atoms with Gasteiger partial charge in [0.1, 0.15) is 0 Å². The summed E-state index contributed by atoms with van der Waals surface area (Å²) in [5.74, 6) is -0.0760. The normalized spacial score (nSPS) is 13.8. The van der Waals surface area contributed by atoms with Gasteiger partial charge in [-0.15, -0.1) is 0 Å². The molecule has 4 heteroatoms. The lowest BCUT2D eigenvalue weighted by Crippen LogP contribution is -2.45. The third-order valence-electron chi connectivity index (χ3n) is 8.70. The molecular weight excluding hydrogens is 590 g/mol. The Morgan fingerprint density at radius 2 is 0.917 bits per heavy atom. The zero-order valence-electron chi connectivity index (χ0n) is 31.5. The van der Waals surface area contributed by atoms with Gasteiger partial charge in [0.25, 0.3) is 0 Å². The van der Waals surface area contributed by atoms with Crippen molar-refractivity contribution in [2.75, 3.05) is 6.61 Å². The molecule has 0 saturated carbocycles. The second-order valence-electron chi connectivity index (χ2n) is 13.3. The summed E-state index contributed by atoms with van der Waals surface area (Å²) in [6, 6.07) is -0.627. The first-order valence-electron chi connectivity index (χ1n) is 20.2. The van der Waals surface area contributed by atoms with Crippen LogP contribution in [-0.2, 0) is 4.79 Å². The molecule has 0 spiro atoms. The molecule has 2 atom stereocenters. The van der Waals surface area contributed by atoms with Crippen LogP contribution in [0, 0.1) is 0 Å². The predicted octanol–water partition coefficient (Wildman–Crippen LogP) is 12.3. The van der Waals surface area contributed by atoms with Crippen molar-refractivity contribution in [3.8, 4) is 0 Å². The number of hydrogen-bond acceptors (Lipinski definition) is 3. The molecule has 0 fully saturated rings. The molecule has 0 saturated heterocycles. The maximum absolute atomic E-state index is 12.3. The van der Waals surface area contributed by atoms with Crippen LogP contribution < -0.4 is 5.32 Å². The van der Waals surface area contributed by atoms with Gasteiger partial charge in [-0.1, -0.05) is 183 Å². The van der Waals surface area contributed by atoms with E-state index in [2.05, 4.69) is 79.9 Å². The summed E-state index contributed by atoms with van der Waals surface area (Å²) < 4.78 is 0. The van der Waals surface area contributed by atoms with Gasteiger partial charge in [0.05, 0.1) is 18.8 Å². The fraction of sp³-hybridized carbons (Fsp3) is 0.705.